The zero-order valence-electron chi connectivity index (χ0n) is 13.7. The van der Waals surface area contributed by atoms with Gasteiger partial charge < -0.3 is 4.74 Å². The maximum atomic E-state index is 13.1. The van der Waals surface area contributed by atoms with Gasteiger partial charge in [0.15, 0.2) is 5.82 Å². The summed E-state index contributed by atoms with van der Waals surface area (Å²) in [6.07, 6.45) is 2.18. The lowest BCUT2D eigenvalue weighted by molar-refractivity contribution is 0.197. The minimum atomic E-state index is -3.64. The van der Waals surface area contributed by atoms with Crippen molar-refractivity contribution in [2.75, 3.05) is 13.1 Å². The number of hydrogen-bond donors (Lipinski definition) is 0. The lowest BCUT2D eigenvalue weighted by Gasteiger charge is -2.18. The minimum absolute atomic E-state index is 0.0424. The van der Waals surface area contributed by atoms with Gasteiger partial charge in [0.05, 0.1) is 23.8 Å². The molecule has 1 aromatic heterocycles. The predicted octanol–water partition coefficient (Wildman–Crippen LogP) is 2.61. The Kier molecular flexibility index (Phi) is 4.29. The van der Waals surface area contributed by atoms with E-state index in [1.165, 1.54) is 4.31 Å². The Bertz CT molecular complexity index is 1040. The van der Waals surface area contributed by atoms with Gasteiger partial charge >= 0.3 is 6.01 Å². The van der Waals surface area contributed by atoms with E-state index >= 15 is 0 Å². The summed E-state index contributed by atoms with van der Waals surface area (Å²) in [5.74, 6) is -0.552. The molecule has 0 amide bonds. The number of fused-ring (bicyclic) bond motifs is 1. The summed E-state index contributed by atoms with van der Waals surface area (Å²) >= 11 is 0. The van der Waals surface area contributed by atoms with Crippen molar-refractivity contribution in [2.24, 2.45) is 0 Å². The van der Waals surface area contributed by atoms with Crippen LogP contribution in [-0.2, 0) is 10.0 Å². The van der Waals surface area contributed by atoms with E-state index in [0.29, 0.717) is 18.4 Å². The van der Waals surface area contributed by atoms with Gasteiger partial charge in [-0.2, -0.15) is 4.31 Å². The first-order chi connectivity index (χ1) is 12.5. The van der Waals surface area contributed by atoms with Crippen molar-refractivity contribution in [1.82, 2.24) is 14.3 Å². The van der Waals surface area contributed by atoms with E-state index in [0.717, 1.165) is 17.8 Å². The maximum absolute atomic E-state index is 13.1. The molecule has 3 aromatic rings. The number of ether oxygens (including phenoxy) is 1. The summed E-state index contributed by atoms with van der Waals surface area (Å²) in [7, 11) is -3.64. The van der Waals surface area contributed by atoms with Crippen molar-refractivity contribution in [3.8, 4) is 6.01 Å². The summed E-state index contributed by atoms with van der Waals surface area (Å²) in [6, 6.07) is 12.7. The van der Waals surface area contributed by atoms with Crippen LogP contribution >= 0.6 is 0 Å². The van der Waals surface area contributed by atoms with Gasteiger partial charge in [0.25, 0.3) is 0 Å². The molecule has 0 aliphatic carbocycles. The highest BCUT2D eigenvalue weighted by molar-refractivity contribution is 7.89. The van der Waals surface area contributed by atoms with Gasteiger partial charge in [-0.25, -0.2) is 22.8 Å². The fraction of sp³-hybridized carbons (Fsp3) is 0.222. The molecule has 1 fully saturated rings. The average molecular weight is 373 g/mol. The summed E-state index contributed by atoms with van der Waals surface area (Å²) in [6.45, 7) is 0.545. The number of rotatable bonds is 4. The molecule has 0 spiro atoms. The summed E-state index contributed by atoms with van der Waals surface area (Å²) in [4.78, 5) is 7.79. The molecule has 1 aliphatic rings. The SMILES string of the molecule is O=S(=O)(c1cccc2ccccc12)N1CCC(Oc2ncc(F)cn2)C1. The van der Waals surface area contributed by atoms with Crippen molar-refractivity contribution >= 4 is 20.8 Å². The van der Waals surface area contributed by atoms with Crippen molar-refractivity contribution in [2.45, 2.75) is 17.4 Å². The average Bonchev–Trinajstić information content (AvgIpc) is 3.12. The van der Waals surface area contributed by atoms with Crippen LogP contribution in [0.3, 0.4) is 0 Å². The fourth-order valence-electron chi connectivity index (χ4n) is 3.08. The van der Waals surface area contributed by atoms with E-state index < -0.39 is 15.8 Å². The zero-order chi connectivity index (χ0) is 18.1. The smallest absolute Gasteiger partial charge is 0.316 e. The Hall–Kier alpha value is -2.58. The number of sulfonamides is 1. The topological polar surface area (TPSA) is 72.4 Å². The molecule has 1 aliphatic heterocycles. The first-order valence-electron chi connectivity index (χ1n) is 8.16. The van der Waals surface area contributed by atoms with Crippen LogP contribution in [0, 0.1) is 5.82 Å². The van der Waals surface area contributed by atoms with Gasteiger partial charge in [0.2, 0.25) is 10.0 Å². The molecule has 2 aromatic carbocycles. The first kappa shape index (κ1) is 16.9. The second-order valence-corrected chi connectivity index (χ2v) is 7.96. The summed E-state index contributed by atoms with van der Waals surface area (Å²) in [5, 5.41) is 1.57. The lowest BCUT2D eigenvalue weighted by Crippen LogP contribution is -2.31. The molecule has 1 unspecified atom stereocenters. The Morgan fingerprint density at radius 2 is 1.81 bits per heavy atom. The number of halogens is 1. The van der Waals surface area contributed by atoms with Gasteiger partial charge in [-0.15, -0.1) is 0 Å². The van der Waals surface area contributed by atoms with Crippen LogP contribution in [0.5, 0.6) is 6.01 Å². The number of hydrogen-bond acceptors (Lipinski definition) is 5. The molecule has 26 heavy (non-hydrogen) atoms. The molecular formula is C18H16FN3O3S. The van der Waals surface area contributed by atoms with E-state index in [4.69, 9.17) is 4.74 Å². The molecule has 4 rings (SSSR count). The molecule has 134 valence electrons. The van der Waals surface area contributed by atoms with Crippen LogP contribution in [0.1, 0.15) is 6.42 Å². The molecular weight excluding hydrogens is 357 g/mol. The molecule has 6 nitrogen and oxygen atoms in total. The molecule has 0 radical (unpaired) electrons. The van der Waals surface area contributed by atoms with Crippen molar-refractivity contribution in [1.29, 1.82) is 0 Å². The first-order valence-corrected chi connectivity index (χ1v) is 9.60. The Morgan fingerprint density at radius 3 is 2.62 bits per heavy atom. The second-order valence-electron chi connectivity index (χ2n) is 6.05. The number of benzene rings is 2. The van der Waals surface area contributed by atoms with Crippen molar-refractivity contribution in [3.05, 3.63) is 60.7 Å². The van der Waals surface area contributed by atoms with Crippen LogP contribution in [0.2, 0.25) is 0 Å². The van der Waals surface area contributed by atoms with E-state index in [1.54, 1.807) is 18.2 Å². The van der Waals surface area contributed by atoms with Gasteiger partial charge in [-0.05, 0) is 17.9 Å². The fourth-order valence-corrected chi connectivity index (χ4v) is 4.78. The molecule has 2 heterocycles. The maximum Gasteiger partial charge on any atom is 0.316 e. The molecule has 0 saturated carbocycles. The van der Waals surface area contributed by atoms with Gasteiger partial charge in [0, 0.05) is 11.9 Å². The third kappa shape index (κ3) is 3.13. The predicted molar refractivity (Wildman–Crippen MR) is 93.7 cm³/mol. The highest BCUT2D eigenvalue weighted by Crippen LogP contribution is 2.28. The van der Waals surface area contributed by atoms with Crippen molar-refractivity contribution < 1.29 is 17.5 Å². The van der Waals surface area contributed by atoms with E-state index in [1.807, 2.05) is 24.3 Å². The molecule has 0 bridgehead atoms. The third-order valence-electron chi connectivity index (χ3n) is 4.34. The zero-order valence-corrected chi connectivity index (χ0v) is 14.6. The normalized spacial score (nSPS) is 18.3. The van der Waals surface area contributed by atoms with Crippen molar-refractivity contribution in [3.63, 3.8) is 0 Å². The summed E-state index contributed by atoms with van der Waals surface area (Å²) in [5.41, 5.74) is 0. The molecule has 1 atom stereocenters. The van der Waals surface area contributed by atoms with E-state index in [2.05, 4.69) is 9.97 Å². The Labute approximate surface area is 150 Å². The quantitative estimate of drug-likeness (QED) is 0.703. The molecule has 0 N–H and O–H groups in total. The van der Waals surface area contributed by atoms with Crippen LogP contribution in [-0.4, -0.2) is 41.9 Å². The van der Waals surface area contributed by atoms with Crippen LogP contribution < -0.4 is 4.74 Å². The van der Waals surface area contributed by atoms with E-state index in [9.17, 15) is 12.8 Å². The highest BCUT2D eigenvalue weighted by Gasteiger charge is 2.34. The monoisotopic (exact) mass is 373 g/mol. The largest absolute Gasteiger partial charge is 0.459 e. The molecule has 8 heteroatoms. The standard InChI is InChI=1S/C18H16FN3O3S/c19-14-10-20-18(21-11-14)25-15-8-9-22(12-15)26(23,24)17-7-3-5-13-4-1-2-6-16(13)17/h1-7,10-11,15H,8-9,12H2. The van der Waals surface area contributed by atoms with E-state index in [-0.39, 0.29) is 23.6 Å². The number of aromatic nitrogens is 2. The van der Waals surface area contributed by atoms with Gasteiger partial charge in [-0.1, -0.05) is 36.4 Å². The number of nitrogens with zero attached hydrogens (tertiary/aromatic N) is 3. The second kappa shape index (κ2) is 6.62. The van der Waals surface area contributed by atoms with Gasteiger partial charge in [-0.3, -0.25) is 0 Å². The van der Waals surface area contributed by atoms with Crippen LogP contribution in [0.4, 0.5) is 4.39 Å². The molecule has 1 saturated heterocycles. The highest BCUT2D eigenvalue weighted by atomic mass is 32.2. The third-order valence-corrected chi connectivity index (χ3v) is 6.27. The lowest BCUT2D eigenvalue weighted by atomic mass is 10.1. The van der Waals surface area contributed by atoms with Gasteiger partial charge in [0.1, 0.15) is 6.10 Å². The minimum Gasteiger partial charge on any atom is -0.459 e. The Morgan fingerprint density at radius 1 is 1.08 bits per heavy atom. The van der Waals surface area contributed by atoms with Crippen LogP contribution in [0.15, 0.2) is 59.8 Å². The summed E-state index contributed by atoms with van der Waals surface area (Å²) < 4.78 is 46.0. The van der Waals surface area contributed by atoms with Crippen LogP contribution in [0.25, 0.3) is 10.8 Å². The Balaban J connectivity index is 1.56.